The van der Waals surface area contributed by atoms with Gasteiger partial charge in [0.1, 0.15) is 5.78 Å². The zero-order valence-corrected chi connectivity index (χ0v) is 10.9. The van der Waals surface area contributed by atoms with Gasteiger partial charge in [0.25, 0.3) is 0 Å². The van der Waals surface area contributed by atoms with E-state index in [-0.39, 0.29) is 18.1 Å². The molecule has 19 heavy (non-hydrogen) atoms. The van der Waals surface area contributed by atoms with Crippen LogP contribution in [0.15, 0.2) is 42.5 Å². The Morgan fingerprint density at radius 1 is 1.26 bits per heavy atom. The molecule has 2 rings (SSSR count). The van der Waals surface area contributed by atoms with Gasteiger partial charge in [-0.2, -0.15) is 0 Å². The van der Waals surface area contributed by atoms with Crippen molar-refractivity contribution in [2.75, 3.05) is 0 Å². The molecule has 1 fully saturated rings. The van der Waals surface area contributed by atoms with Gasteiger partial charge in [-0.15, -0.1) is 0 Å². The summed E-state index contributed by atoms with van der Waals surface area (Å²) >= 11 is 0. The number of aliphatic hydroxyl groups is 2. The summed E-state index contributed by atoms with van der Waals surface area (Å²) in [7, 11) is 0. The maximum absolute atomic E-state index is 11.2. The molecule has 1 saturated carbocycles. The van der Waals surface area contributed by atoms with E-state index in [9.17, 15) is 15.0 Å². The van der Waals surface area contributed by atoms with Gasteiger partial charge in [0.15, 0.2) is 0 Å². The summed E-state index contributed by atoms with van der Waals surface area (Å²) in [6.07, 6.45) is 4.49. The third-order valence-electron chi connectivity index (χ3n) is 3.55. The first-order valence-electron chi connectivity index (χ1n) is 6.75. The summed E-state index contributed by atoms with van der Waals surface area (Å²) in [6.45, 7) is 0. The van der Waals surface area contributed by atoms with Gasteiger partial charge in [0, 0.05) is 18.8 Å². The Morgan fingerprint density at radius 3 is 2.63 bits per heavy atom. The molecule has 0 heterocycles. The van der Waals surface area contributed by atoms with Crippen LogP contribution in [0.2, 0.25) is 0 Å². The smallest absolute Gasteiger partial charge is 0.136 e. The number of ketones is 1. The number of aryl methyl sites for hydroxylation is 1. The van der Waals surface area contributed by atoms with E-state index in [0.717, 1.165) is 6.42 Å². The Labute approximate surface area is 113 Å². The van der Waals surface area contributed by atoms with Crippen molar-refractivity contribution in [3.8, 4) is 0 Å². The molecule has 0 radical (unpaired) electrons. The second-order valence-electron chi connectivity index (χ2n) is 5.15. The van der Waals surface area contributed by atoms with Crippen LogP contribution in [0.3, 0.4) is 0 Å². The van der Waals surface area contributed by atoms with Crippen molar-refractivity contribution in [1.29, 1.82) is 0 Å². The minimum atomic E-state index is -0.579. The first-order valence-corrected chi connectivity index (χ1v) is 6.75. The highest BCUT2D eigenvalue weighted by atomic mass is 16.3. The lowest BCUT2D eigenvalue weighted by Gasteiger charge is -2.10. The first-order chi connectivity index (χ1) is 9.15. The minimum Gasteiger partial charge on any atom is -0.392 e. The molecule has 1 aromatic carbocycles. The van der Waals surface area contributed by atoms with E-state index in [2.05, 4.69) is 0 Å². The van der Waals surface area contributed by atoms with Gasteiger partial charge < -0.3 is 10.2 Å². The number of benzene rings is 1. The third kappa shape index (κ3) is 4.30. The molecule has 1 aliphatic carbocycles. The van der Waals surface area contributed by atoms with Crippen molar-refractivity contribution < 1.29 is 15.0 Å². The van der Waals surface area contributed by atoms with Crippen LogP contribution >= 0.6 is 0 Å². The molecule has 0 aliphatic heterocycles. The minimum absolute atomic E-state index is 0.0981. The fraction of sp³-hybridized carbons (Fsp3) is 0.438. The van der Waals surface area contributed by atoms with Gasteiger partial charge in [-0.1, -0.05) is 42.5 Å². The number of carbonyl (C=O) groups is 1. The average molecular weight is 260 g/mol. The standard InChI is InChI=1S/C16H20O3/c17-14(8-6-12-4-2-1-3-5-12)9-7-13-10-15(18)11-16(13)19/h1-5,7,9,13-14,16-17,19H,6,8,10-11H2/b9-7+/t13-,14-,16+/m0/s1. The number of carbonyl (C=O) groups excluding carboxylic acids is 1. The zero-order valence-electron chi connectivity index (χ0n) is 10.9. The quantitative estimate of drug-likeness (QED) is 0.795. The van der Waals surface area contributed by atoms with Gasteiger partial charge >= 0.3 is 0 Å². The van der Waals surface area contributed by atoms with Crippen LogP contribution in [0.4, 0.5) is 0 Å². The largest absolute Gasteiger partial charge is 0.392 e. The Kier molecular flexibility index (Phi) is 4.88. The van der Waals surface area contributed by atoms with Gasteiger partial charge in [0.05, 0.1) is 12.2 Å². The zero-order chi connectivity index (χ0) is 13.7. The fourth-order valence-corrected chi connectivity index (χ4v) is 2.39. The number of hydrogen-bond acceptors (Lipinski definition) is 3. The monoisotopic (exact) mass is 260 g/mol. The molecule has 2 N–H and O–H groups in total. The molecule has 102 valence electrons. The van der Waals surface area contributed by atoms with E-state index in [4.69, 9.17) is 0 Å². The van der Waals surface area contributed by atoms with Crippen molar-refractivity contribution in [3.63, 3.8) is 0 Å². The average Bonchev–Trinajstić information content (AvgIpc) is 2.73. The first kappa shape index (κ1) is 14.0. The Hall–Kier alpha value is -1.45. The number of Topliss-reactive ketones (excluding diaryl/α,β-unsaturated/α-hetero) is 1. The van der Waals surface area contributed by atoms with E-state index in [1.807, 2.05) is 30.3 Å². The van der Waals surface area contributed by atoms with Crippen LogP contribution in [0.5, 0.6) is 0 Å². The van der Waals surface area contributed by atoms with E-state index >= 15 is 0 Å². The summed E-state index contributed by atoms with van der Waals surface area (Å²) in [5.41, 5.74) is 1.20. The lowest BCUT2D eigenvalue weighted by atomic mass is 10.0. The summed E-state index contributed by atoms with van der Waals surface area (Å²) in [5.74, 6) is -0.0280. The molecule has 0 aromatic heterocycles. The lowest BCUT2D eigenvalue weighted by molar-refractivity contribution is -0.117. The summed E-state index contributed by atoms with van der Waals surface area (Å²) < 4.78 is 0. The van der Waals surface area contributed by atoms with Gasteiger partial charge in [-0.05, 0) is 18.4 Å². The van der Waals surface area contributed by atoms with Crippen LogP contribution in [0.25, 0.3) is 0 Å². The third-order valence-corrected chi connectivity index (χ3v) is 3.55. The van der Waals surface area contributed by atoms with Crippen molar-refractivity contribution in [3.05, 3.63) is 48.0 Å². The van der Waals surface area contributed by atoms with Crippen molar-refractivity contribution in [2.24, 2.45) is 5.92 Å². The Bertz CT molecular complexity index is 439. The predicted molar refractivity (Wildman–Crippen MR) is 73.6 cm³/mol. The van der Waals surface area contributed by atoms with E-state index in [1.165, 1.54) is 5.56 Å². The highest BCUT2D eigenvalue weighted by molar-refractivity contribution is 5.81. The van der Waals surface area contributed by atoms with Gasteiger partial charge in [-0.25, -0.2) is 0 Å². The highest BCUT2D eigenvalue weighted by Gasteiger charge is 2.29. The topological polar surface area (TPSA) is 57.5 Å². The number of aliphatic hydroxyl groups excluding tert-OH is 2. The summed E-state index contributed by atoms with van der Waals surface area (Å²) in [5, 5.41) is 19.5. The van der Waals surface area contributed by atoms with Crippen LogP contribution in [0, 0.1) is 5.92 Å². The lowest BCUT2D eigenvalue weighted by Crippen LogP contribution is -2.12. The van der Waals surface area contributed by atoms with Crippen LogP contribution in [-0.4, -0.2) is 28.2 Å². The van der Waals surface area contributed by atoms with E-state index in [1.54, 1.807) is 12.2 Å². The van der Waals surface area contributed by atoms with Crippen LogP contribution < -0.4 is 0 Å². The maximum Gasteiger partial charge on any atom is 0.136 e. The summed E-state index contributed by atoms with van der Waals surface area (Å²) in [4.78, 5) is 11.2. The van der Waals surface area contributed by atoms with E-state index in [0.29, 0.717) is 12.8 Å². The molecular weight excluding hydrogens is 240 g/mol. The SMILES string of the molecule is O=C1C[C@@H](O)[C@@H](/C=C/[C@@H](O)CCc2ccccc2)C1. The predicted octanol–water partition coefficient (Wildman–Crippen LogP) is 1.88. The van der Waals surface area contributed by atoms with Crippen LogP contribution in [-0.2, 0) is 11.2 Å². The molecule has 3 heteroatoms. The molecule has 1 aliphatic rings. The van der Waals surface area contributed by atoms with Crippen molar-refractivity contribution in [2.45, 2.75) is 37.9 Å². The second-order valence-corrected chi connectivity index (χ2v) is 5.15. The number of rotatable bonds is 5. The summed E-state index contributed by atoms with van der Waals surface area (Å²) in [6, 6.07) is 10.0. The van der Waals surface area contributed by atoms with Crippen LogP contribution in [0.1, 0.15) is 24.8 Å². The maximum atomic E-state index is 11.2. The van der Waals surface area contributed by atoms with E-state index < -0.39 is 12.2 Å². The number of hydrogen-bond donors (Lipinski definition) is 2. The fourth-order valence-electron chi connectivity index (χ4n) is 2.39. The molecular formula is C16H20O3. The Morgan fingerprint density at radius 2 is 2.00 bits per heavy atom. The molecule has 0 bridgehead atoms. The molecule has 0 amide bonds. The molecule has 0 saturated heterocycles. The van der Waals surface area contributed by atoms with Crippen molar-refractivity contribution in [1.82, 2.24) is 0 Å². The highest BCUT2D eigenvalue weighted by Crippen LogP contribution is 2.24. The van der Waals surface area contributed by atoms with Gasteiger partial charge in [-0.3, -0.25) is 4.79 Å². The normalized spacial score (nSPS) is 25.1. The molecule has 0 unspecified atom stereocenters. The van der Waals surface area contributed by atoms with Crippen molar-refractivity contribution >= 4 is 5.78 Å². The second kappa shape index (κ2) is 6.64. The molecule has 3 nitrogen and oxygen atoms in total. The molecule has 1 aromatic rings. The Balaban J connectivity index is 1.78. The van der Waals surface area contributed by atoms with Gasteiger partial charge in [0.2, 0.25) is 0 Å². The molecule has 3 atom stereocenters. The molecule has 0 spiro atoms.